The highest BCUT2D eigenvalue weighted by Gasteiger charge is 2.17. The standard InChI is InChI=1S/C15H21N3O3/c1-11(13-9-12(15(20)21)5-6-16-13)17-10-14(19)18-7-3-2-4-8-18/h5-6,9,11,17H,2-4,7-8,10H2,1H3,(H,20,21). The summed E-state index contributed by atoms with van der Waals surface area (Å²) in [5.74, 6) is -0.883. The molecular formula is C15H21N3O3. The first kappa shape index (κ1) is 15.4. The Bertz CT molecular complexity index is 513. The average molecular weight is 291 g/mol. The molecule has 21 heavy (non-hydrogen) atoms. The molecule has 1 aromatic heterocycles. The Labute approximate surface area is 124 Å². The van der Waals surface area contributed by atoms with Gasteiger partial charge in [-0.3, -0.25) is 9.78 Å². The SMILES string of the molecule is CC(NCC(=O)N1CCCCC1)c1cc(C(=O)O)ccn1. The number of piperidine rings is 1. The fraction of sp³-hybridized carbons (Fsp3) is 0.533. The highest BCUT2D eigenvalue weighted by molar-refractivity contribution is 5.87. The van der Waals surface area contributed by atoms with Crippen LogP contribution in [0.25, 0.3) is 0 Å². The lowest BCUT2D eigenvalue weighted by molar-refractivity contribution is -0.131. The molecule has 6 heteroatoms. The van der Waals surface area contributed by atoms with Gasteiger partial charge < -0.3 is 15.3 Å². The van der Waals surface area contributed by atoms with Crippen molar-refractivity contribution < 1.29 is 14.7 Å². The smallest absolute Gasteiger partial charge is 0.335 e. The number of nitrogens with one attached hydrogen (secondary N) is 1. The number of hydrogen-bond acceptors (Lipinski definition) is 4. The molecule has 2 heterocycles. The van der Waals surface area contributed by atoms with Gasteiger partial charge in [0.1, 0.15) is 0 Å². The third kappa shape index (κ3) is 4.26. The molecule has 114 valence electrons. The van der Waals surface area contributed by atoms with Crippen LogP contribution in [-0.4, -0.2) is 46.5 Å². The second-order valence-corrected chi connectivity index (χ2v) is 5.32. The van der Waals surface area contributed by atoms with Crippen LogP contribution in [0.1, 0.15) is 48.3 Å². The minimum Gasteiger partial charge on any atom is -0.478 e. The molecule has 0 spiro atoms. The Morgan fingerprint density at radius 2 is 2.10 bits per heavy atom. The van der Waals surface area contributed by atoms with E-state index in [0.29, 0.717) is 5.69 Å². The molecular weight excluding hydrogens is 270 g/mol. The van der Waals surface area contributed by atoms with E-state index in [4.69, 9.17) is 5.11 Å². The third-order valence-corrected chi connectivity index (χ3v) is 3.74. The normalized spacial score (nSPS) is 16.5. The Kier molecular flexibility index (Phi) is 5.27. The van der Waals surface area contributed by atoms with Gasteiger partial charge in [-0.2, -0.15) is 0 Å². The largest absolute Gasteiger partial charge is 0.478 e. The van der Waals surface area contributed by atoms with Gasteiger partial charge in [0.05, 0.1) is 17.8 Å². The number of pyridine rings is 1. The number of nitrogens with zero attached hydrogens (tertiary/aromatic N) is 2. The van der Waals surface area contributed by atoms with E-state index in [0.717, 1.165) is 25.9 Å². The first-order valence-corrected chi connectivity index (χ1v) is 7.28. The minimum atomic E-state index is -0.977. The van der Waals surface area contributed by atoms with Gasteiger partial charge in [-0.15, -0.1) is 0 Å². The van der Waals surface area contributed by atoms with E-state index in [2.05, 4.69) is 10.3 Å². The van der Waals surface area contributed by atoms with Crippen LogP contribution in [0.15, 0.2) is 18.3 Å². The van der Waals surface area contributed by atoms with Crippen LogP contribution < -0.4 is 5.32 Å². The van der Waals surface area contributed by atoms with Crippen LogP contribution in [0.5, 0.6) is 0 Å². The van der Waals surface area contributed by atoms with Gasteiger partial charge in [-0.1, -0.05) is 0 Å². The molecule has 1 aliphatic rings. The van der Waals surface area contributed by atoms with Crippen molar-refractivity contribution in [2.45, 2.75) is 32.2 Å². The van der Waals surface area contributed by atoms with Crippen molar-refractivity contribution in [3.8, 4) is 0 Å². The molecule has 1 aliphatic heterocycles. The number of amides is 1. The Hall–Kier alpha value is -1.95. The summed E-state index contributed by atoms with van der Waals surface area (Å²) in [6.45, 7) is 3.79. The molecule has 0 bridgehead atoms. The summed E-state index contributed by atoms with van der Waals surface area (Å²) in [7, 11) is 0. The van der Waals surface area contributed by atoms with Gasteiger partial charge in [0.15, 0.2) is 0 Å². The van der Waals surface area contributed by atoms with Gasteiger partial charge >= 0.3 is 5.97 Å². The van der Waals surface area contributed by atoms with Gasteiger partial charge in [-0.05, 0) is 38.3 Å². The summed E-state index contributed by atoms with van der Waals surface area (Å²) in [5.41, 5.74) is 0.831. The predicted octanol–water partition coefficient (Wildman–Crippen LogP) is 1.44. The molecule has 1 unspecified atom stereocenters. The van der Waals surface area contributed by atoms with Gasteiger partial charge in [0.25, 0.3) is 0 Å². The third-order valence-electron chi connectivity index (χ3n) is 3.74. The van der Waals surface area contributed by atoms with Crippen LogP contribution in [0, 0.1) is 0 Å². The molecule has 2 N–H and O–H groups in total. The van der Waals surface area contributed by atoms with E-state index < -0.39 is 5.97 Å². The number of carbonyl (C=O) groups is 2. The number of hydrogen-bond donors (Lipinski definition) is 2. The minimum absolute atomic E-state index is 0.0935. The van der Waals surface area contributed by atoms with E-state index in [1.54, 1.807) is 0 Å². The number of carboxylic acid groups (broad SMARTS) is 1. The highest BCUT2D eigenvalue weighted by Crippen LogP contribution is 2.12. The Morgan fingerprint density at radius 3 is 2.76 bits per heavy atom. The topological polar surface area (TPSA) is 82.5 Å². The number of aromatic carboxylic acids is 1. The maximum Gasteiger partial charge on any atom is 0.335 e. The first-order chi connectivity index (χ1) is 10.1. The van der Waals surface area contributed by atoms with Crippen molar-refractivity contribution in [1.82, 2.24) is 15.2 Å². The fourth-order valence-corrected chi connectivity index (χ4v) is 2.42. The summed E-state index contributed by atoms with van der Waals surface area (Å²) in [5, 5.41) is 12.1. The zero-order chi connectivity index (χ0) is 15.2. The lowest BCUT2D eigenvalue weighted by Gasteiger charge is -2.27. The highest BCUT2D eigenvalue weighted by atomic mass is 16.4. The van der Waals surface area contributed by atoms with E-state index in [-0.39, 0.29) is 24.1 Å². The van der Waals surface area contributed by atoms with Crippen molar-refractivity contribution in [2.75, 3.05) is 19.6 Å². The molecule has 0 aliphatic carbocycles. The molecule has 1 fully saturated rings. The number of carbonyl (C=O) groups excluding carboxylic acids is 1. The van der Waals surface area contributed by atoms with Crippen LogP contribution >= 0.6 is 0 Å². The zero-order valence-electron chi connectivity index (χ0n) is 12.2. The molecule has 1 atom stereocenters. The molecule has 1 saturated heterocycles. The maximum absolute atomic E-state index is 12.1. The number of likely N-dealkylation sites (tertiary alicyclic amines) is 1. The van der Waals surface area contributed by atoms with Crippen molar-refractivity contribution in [3.05, 3.63) is 29.6 Å². The molecule has 6 nitrogen and oxygen atoms in total. The van der Waals surface area contributed by atoms with Crippen molar-refractivity contribution in [3.63, 3.8) is 0 Å². The van der Waals surface area contributed by atoms with Gasteiger partial charge in [-0.25, -0.2) is 4.79 Å². The molecule has 1 aromatic rings. The first-order valence-electron chi connectivity index (χ1n) is 7.28. The molecule has 1 amide bonds. The van der Waals surface area contributed by atoms with Gasteiger partial charge in [0, 0.05) is 25.3 Å². The fourth-order valence-electron chi connectivity index (χ4n) is 2.42. The van der Waals surface area contributed by atoms with Crippen LogP contribution in [0.4, 0.5) is 0 Å². The molecule has 0 aromatic carbocycles. The summed E-state index contributed by atoms with van der Waals surface area (Å²) < 4.78 is 0. The van der Waals surface area contributed by atoms with Crippen LogP contribution in [0.3, 0.4) is 0 Å². The van der Waals surface area contributed by atoms with E-state index in [9.17, 15) is 9.59 Å². The second kappa shape index (κ2) is 7.17. The van der Waals surface area contributed by atoms with Gasteiger partial charge in [0.2, 0.25) is 5.91 Å². The zero-order valence-corrected chi connectivity index (χ0v) is 12.2. The maximum atomic E-state index is 12.1. The monoisotopic (exact) mass is 291 g/mol. The van der Waals surface area contributed by atoms with E-state index in [1.165, 1.54) is 24.8 Å². The molecule has 2 rings (SSSR count). The van der Waals surface area contributed by atoms with Crippen LogP contribution in [-0.2, 0) is 4.79 Å². The average Bonchev–Trinajstić information content (AvgIpc) is 2.53. The van der Waals surface area contributed by atoms with Crippen molar-refractivity contribution in [1.29, 1.82) is 0 Å². The predicted molar refractivity (Wildman–Crippen MR) is 78.0 cm³/mol. The number of rotatable bonds is 5. The van der Waals surface area contributed by atoms with E-state index >= 15 is 0 Å². The Morgan fingerprint density at radius 1 is 1.38 bits per heavy atom. The lowest BCUT2D eigenvalue weighted by atomic mass is 10.1. The summed E-state index contributed by atoms with van der Waals surface area (Å²) in [6.07, 6.45) is 4.82. The second-order valence-electron chi connectivity index (χ2n) is 5.32. The molecule has 0 saturated carbocycles. The summed E-state index contributed by atoms with van der Waals surface area (Å²) in [6, 6.07) is 2.82. The van der Waals surface area contributed by atoms with E-state index in [1.807, 2.05) is 11.8 Å². The Balaban J connectivity index is 1.89. The van der Waals surface area contributed by atoms with Crippen LogP contribution in [0.2, 0.25) is 0 Å². The quantitative estimate of drug-likeness (QED) is 0.858. The molecule has 0 radical (unpaired) electrons. The van der Waals surface area contributed by atoms with Crippen molar-refractivity contribution >= 4 is 11.9 Å². The number of aromatic nitrogens is 1. The van der Waals surface area contributed by atoms with Crippen molar-refractivity contribution in [2.24, 2.45) is 0 Å². The summed E-state index contributed by atoms with van der Waals surface area (Å²) >= 11 is 0. The number of carboxylic acids is 1. The summed E-state index contributed by atoms with van der Waals surface area (Å²) in [4.78, 5) is 29.0. The lowest BCUT2D eigenvalue weighted by Crippen LogP contribution is -2.41.